The Balaban J connectivity index is 1.69. The highest BCUT2D eigenvalue weighted by atomic mass is 15.0. The molecule has 0 aromatic heterocycles. The molecule has 80 valence electrons. The van der Waals surface area contributed by atoms with Crippen LogP contribution in [0.5, 0.6) is 0 Å². The van der Waals surface area contributed by atoms with Gasteiger partial charge in [-0.25, -0.2) is 0 Å². The highest BCUT2D eigenvalue weighted by molar-refractivity contribution is 5.10. The van der Waals surface area contributed by atoms with E-state index in [-0.39, 0.29) is 0 Å². The smallest absolute Gasteiger partial charge is 0.0155 e. The maximum Gasteiger partial charge on any atom is 0.0155 e. The standard InChI is InChI=1S/C13H23N/c1-13(2)11-6-4-3-5-10(11)12(13)14-9-7-8-9/h9-12,14H,3-8H2,1-2H3/t10-,11+,12?/m1/s1. The summed E-state index contributed by atoms with van der Waals surface area (Å²) in [6.07, 6.45) is 8.84. The zero-order valence-corrected chi connectivity index (χ0v) is 9.55. The Hall–Kier alpha value is -0.0400. The lowest BCUT2D eigenvalue weighted by Crippen LogP contribution is -2.65. The van der Waals surface area contributed by atoms with Crippen molar-refractivity contribution in [2.24, 2.45) is 17.3 Å². The first kappa shape index (κ1) is 9.21. The van der Waals surface area contributed by atoms with Crippen LogP contribution < -0.4 is 5.32 Å². The molecule has 3 saturated carbocycles. The van der Waals surface area contributed by atoms with Crippen molar-refractivity contribution in [1.82, 2.24) is 5.32 Å². The molecule has 1 heteroatoms. The van der Waals surface area contributed by atoms with Crippen molar-refractivity contribution < 1.29 is 0 Å². The lowest BCUT2D eigenvalue weighted by atomic mass is 9.48. The Morgan fingerprint density at radius 2 is 1.71 bits per heavy atom. The summed E-state index contributed by atoms with van der Waals surface area (Å²) in [5.41, 5.74) is 0.591. The van der Waals surface area contributed by atoms with Gasteiger partial charge in [-0.05, 0) is 42.9 Å². The van der Waals surface area contributed by atoms with Gasteiger partial charge < -0.3 is 5.32 Å². The lowest BCUT2D eigenvalue weighted by Gasteiger charge is -2.61. The second-order valence-electron chi connectivity index (χ2n) is 6.29. The summed E-state index contributed by atoms with van der Waals surface area (Å²) in [6, 6.07) is 1.74. The van der Waals surface area contributed by atoms with Crippen LogP contribution in [0.4, 0.5) is 0 Å². The molecule has 0 bridgehead atoms. The van der Waals surface area contributed by atoms with Gasteiger partial charge in [-0.2, -0.15) is 0 Å². The van der Waals surface area contributed by atoms with Gasteiger partial charge in [-0.1, -0.05) is 26.7 Å². The summed E-state index contributed by atoms with van der Waals surface area (Å²) in [6.45, 7) is 4.97. The molecule has 0 radical (unpaired) electrons. The number of rotatable bonds is 2. The zero-order chi connectivity index (χ0) is 9.76. The predicted octanol–water partition coefficient (Wildman–Crippen LogP) is 2.95. The van der Waals surface area contributed by atoms with Gasteiger partial charge in [0.25, 0.3) is 0 Å². The molecule has 0 aromatic rings. The van der Waals surface area contributed by atoms with Crippen LogP contribution in [-0.2, 0) is 0 Å². The predicted molar refractivity (Wildman–Crippen MR) is 59.2 cm³/mol. The Kier molecular flexibility index (Phi) is 1.96. The van der Waals surface area contributed by atoms with Crippen molar-refractivity contribution in [1.29, 1.82) is 0 Å². The highest BCUT2D eigenvalue weighted by Gasteiger charge is 2.56. The molecule has 0 amide bonds. The first-order valence-electron chi connectivity index (χ1n) is 6.45. The van der Waals surface area contributed by atoms with Gasteiger partial charge in [0.15, 0.2) is 0 Å². The summed E-state index contributed by atoms with van der Waals surface area (Å²) < 4.78 is 0. The normalized spacial score (nSPS) is 45.4. The second-order valence-corrected chi connectivity index (χ2v) is 6.29. The van der Waals surface area contributed by atoms with E-state index < -0.39 is 0 Å². The van der Waals surface area contributed by atoms with Gasteiger partial charge in [0, 0.05) is 12.1 Å². The van der Waals surface area contributed by atoms with Gasteiger partial charge in [-0.3, -0.25) is 0 Å². The van der Waals surface area contributed by atoms with Crippen LogP contribution in [0.1, 0.15) is 52.4 Å². The van der Waals surface area contributed by atoms with Crippen molar-refractivity contribution in [3.05, 3.63) is 0 Å². The van der Waals surface area contributed by atoms with Gasteiger partial charge in [0.05, 0.1) is 0 Å². The van der Waals surface area contributed by atoms with Gasteiger partial charge >= 0.3 is 0 Å². The van der Waals surface area contributed by atoms with E-state index in [9.17, 15) is 0 Å². The van der Waals surface area contributed by atoms with E-state index in [0.29, 0.717) is 5.41 Å². The van der Waals surface area contributed by atoms with Crippen LogP contribution in [0, 0.1) is 17.3 Å². The molecule has 0 saturated heterocycles. The fraction of sp³-hybridized carbons (Fsp3) is 1.00. The van der Waals surface area contributed by atoms with Crippen LogP contribution in [0.25, 0.3) is 0 Å². The Morgan fingerprint density at radius 1 is 1.00 bits per heavy atom. The third kappa shape index (κ3) is 1.25. The van der Waals surface area contributed by atoms with Crippen LogP contribution in [-0.4, -0.2) is 12.1 Å². The van der Waals surface area contributed by atoms with E-state index in [0.717, 1.165) is 23.9 Å². The van der Waals surface area contributed by atoms with Crippen molar-refractivity contribution >= 4 is 0 Å². The van der Waals surface area contributed by atoms with Crippen LogP contribution in [0.2, 0.25) is 0 Å². The number of nitrogens with one attached hydrogen (secondary N) is 1. The molecule has 0 spiro atoms. The minimum absolute atomic E-state index is 0.591. The maximum atomic E-state index is 3.88. The van der Waals surface area contributed by atoms with E-state index in [4.69, 9.17) is 0 Å². The van der Waals surface area contributed by atoms with Crippen molar-refractivity contribution in [2.45, 2.75) is 64.5 Å². The summed E-state index contributed by atoms with van der Waals surface area (Å²) in [5, 5.41) is 3.88. The van der Waals surface area contributed by atoms with Crippen molar-refractivity contribution in [2.75, 3.05) is 0 Å². The molecule has 1 N–H and O–H groups in total. The lowest BCUT2D eigenvalue weighted by molar-refractivity contribution is -0.0882. The average Bonchev–Trinajstić information content (AvgIpc) is 2.98. The van der Waals surface area contributed by atoms with Gasteiger partial charge in [-0.15, -0.1) is 0 Å². The zero-order valence-electron chi connectivity index (χ0n) is 9.55. The van der Waals surface area contributed by atoms with Crippen molar-refractivity contribution in [3.8, 4) is 0 Å². The van der Waals surface area contributed by atoms with E-state index in [1.165, 1.54) is 38.5 Å². The van der Waals surface area contributed by atoms with Gasteiger partial charge in [0.2, 0.25) is 0 Å². The Bertz CT molecular complexity index is 229. The first-order valence-corrected chi connectivity index (χ1v) is 6.45. The molecule has 3 fully saturated rings. The van der Waals surface area contributed by atoms with Crippen LogP contribution in [0.3, 0.4) is 0 Å². The summed E-state index contributed by atoms with van der Waals surface area (Å²) in [7, 11) is 0. The van der Waals surface area contributed by atoms with E-state index >= 15 is 0 Å². The SMILES string of the molecule is CC1(C)C(NC2CC2)[C@@H]2CCCC[C@@H]21. The fourth-order valence-electron chi connectivity index (χ4n) is 3.99. The fourth-order valence-corrected chi connectivity index (χ4v) is 3.99. The van der Waals surface area contributed by atoms with Gasteiger partial charge in [0.1, 0.15) is 0 Å². The van der Waals surface area contributed by atoms with E-state index in [1.807, 2.05) is 0 Å². The highest BCUT2D eigenvalue weighted by Crippen LogP contribution is 2.57. The number of hydrogen-bond acceptors (Lipinski definition) is 1. The molecule has 0 aromatic carbocycles. The molecule has 0 heterocycles. The molecule has 1 nitrogen and oxygen atoms in total. The minimum Gasteiger partial charge on any atom is -0.310 e. The average molecular weight is 193 g/mol. The van der Waals surface area contributed by atoms with E-state index in [1.54, 1.807) is 0 Å². The molecule has 3 aliphatic carbocycles. The molecule has 3 rings (SSSR count). The molecule has 3 aliphatic rings. The maximum absolute atomic E-state index is 3.88. The van der Waals surface area contributed by atoms with Crippen LogP contribution >= 0.6 is 0 Å². The minimum atomic E-state index is 0.591. The van der Waals surface area contributed by atoms with Crippen LogP contribution in [0.15, 0.2) is 0 Å². The quantitative estimate of drug-likeness (QED) is 0.711. The summed E-state index contributed by atoms with van der Waals surface area (Å²) in [5.74, 6) is 2.06. The third-order valence-electron chi connectivity index (χ3n) is 5.00. The third-order valence-corrected chi connectivity index (χ3v) is 5.00. The van der Waals surface area contributed by atoms with Crippen molar-refractivity contribution in [3.63, 3.8) is 0 Å². The first-order chi connectivity index (χ1) is 6.69. The molecular weight excluding hydrogens is 170 g/mol. The largest absolute Gasteiger partial charge is 0.310 e. The molecule has 14 heavy (non-hydrogen) atoms. The topological polar surface area (TPSA) is 12.0 Å². The summed E-state index contributed by atoms with van der Waals surface area (Å²) in [4.78, 5) is 0. The molecule has 3 atom stereocenters. The monoisotopic (exact) mass is 193 g/mol. The number of hydrogen-bond donors (Lipinski definition) is 1. The molecule has 1 unspecified atom stereocenters. The Labute approximate surface area is 87.7 Å². The molecule has 0 aliphatic heterocycles. The Morgan fingerprint density at radius 3 is 2.43 bits per heavy atom. The molecular formula is C13H23N. The number of fused-ring (bicyclic) bond motifs is 1. The summed E-state index contributed by atoms with van der Waals surface area (Å²) >= 11 is 0. The van der Waals surface area contributed by atoms with E-state index in [2.05, 4.69) is 19.2 Å². The second kappa shape index (κ2) is 2.98.